The van der Waals surface area contributed by atoms with Crippen molar-refractivity contribution in [3.63, 3.8) is 0 Å². The van der Waals surface area contributed by atoms with Crippen molar-refractivity contribution in [2.24, 2.45) is 0 Å². The Morgan fingerprint density at radius 3 is 2.05 bits per heavy atom. The Balaban J connectivity index is 2.52. The minimum absolute atomic E-state index is 0.126. The van der Waals surface area contributed by atoms with Gasteiger partial charge in [0.1, 0.15) is 0 Å². The Labute approximate surface area is 127 Å². The minimum atomic E-state index is 0.126. The van der Waals surface area contributed by atoms with Gasteiger partial charge >= 0.3 is 0 Å². The highest BCUT2D eigenvalue weighted by molar-refractivity contribution is 6.31. The van der Waals surface area contributed by atoms with Crippen LogP contribution in [0.1, 0.15) is 39.4 Å². The van der Waals surface area contributed by atoms with Crippen LogP contribution < -0.4 is 5.32 Å². The van der Waals surface area contributed by atoms with Gasteiger partial charge in [-0.15, -0.1) is 0 Å². The molecular weight excluding hydrogens is 266 g/mol. The fourth-order valence-corrected chi connectivity index (χ4v) is 2.80. The molecule has 20 heavy (non-hydrogen) atoms. The van der Waals surface area contributed by atoms with Crippen LogP contribution >= 0.6 is 11.6 Å². The number of aryl methyl sites for hydroxylation is 4. The molecule has 0 amide bonds. The van der Waals surface area contributed by atoms with Gasteiger partial charge in [-0.2, -0.15) is 0 Å². The summed E-state index contributed by atoms with van der Waals surface area (Å²) in [7, 11) is 1.98. The quantitative estimate of drug-likeness (QED) is 0.848. The molecule has 0 aliphatic heterocycles. The first-order chi connectivity index (χ1) is 9.43. The second-order valence-electron chi connectivity index (χ2n) is 5.52. The Morgan fingerprint density at radius 1 is 0.850 bits per heavy atom. The van der Waals surface area contributed by atoms with Gasteiger partial charge in [-0.1, -0.05) is 35.9 Å². The molecule has 0 aliphatic rings. The highest BCUT2D eigenvalue weighted by Gasteiger charge is 2.16. The lowest BCUT2D eigenvalue weighted by atomic mass is 9.93. The molecule has 2 rings (SSSR count). The van der Waals surface area contributed by atoms with E-state index in [1.165, 1.54) is 27.8 Å². The number of halogens is 1. The lowest BCUT2D eigenvalue weighted by molar-refractivity contribution is 0.690. The molecule has 0 spiro atoms. The second kappa shape index (κ2) is 5.99. The van der Waals surface area contributed by atoms with Crippen molar-refractivity contribution in [1.82, 2.24) is 5.32 Å². The van der Waals surface area contributed by atoms with Crippen molar-refractivity contribution in [2.75, 3.05) is 7.05 Å². The molecule has 0 heterocycles. The molecule has 0 fully saturated rings. The van der Waals surface area contributed by atoms with Crippen LogP contribution in [-0.4, -0.2) is 7.05 Å². The Bertz CT molecular complexity index is 632. The summed E-state index contributed by atoms with van der Waals surface area (Å²) in [6.07, 6.45) is 0. The van der Waals surface area contributed by atoms with E-state index in [0.717, 1.165) is 10.6 Å². The summed E-state index contributed by atoms with van der Waals surface area (Å²) < 4.78 is 0. The standard InChI is InChI=1S/C18H22ClN/c1-11-6-7-15(8-12(11)2)18(20-5)16-9-13(3)14(4)10-17(16)19/h6-10,18,20H,1-5H3. The molecule has 1 unspecified atom stereocenters. The maximum absolute atomic E-state index is 6.46. The molecule has 2 aromatic rings. The van der Waals surface area contributed by atoms with Crippen LogP contribution in [0, 0.1) is 27.7 Å². The zero-order chi connectivity index (χ0) is 14.9. The Hall–Kier alpha value is -1.31. The first kappa shape index (κ1) is 15.1. The maximum atomic E-state index is 6.46. The topological polar surface area (TPSA) is 12.0 Å². The predicted molar refractivity (Wildman–Crippen MR) is 87.7 cm³/mol. The molecule has 0 saturated carbocycles. The molecule has 0 radical (unpaired) electrons. The van der Waals surface area contributed by atoms with Crippen LogP contribution in [0.15, 0.2) is 30.3 Å². The third kappa shape index (κ3) is 2.89. The highest BCUT2D eigenvalue weighted by atomic mass is 35.5. The van der Waals surface area contributed by atoms with Crippen molar-refractivity contribution >= 4 is 11.6 Å². The van der Waals surface area contributed by atoms with E-state index in [4.69, 9.17) is 11.6 Å². The van der Waals surface area contributed by atoms with Gasteiger partial charge in [-0.25, -0.2) is 0 Å². The predicted octanol–water partition coefficient (Wildman–Crippen LogP) is 4.88. The number of benzene rings is 2. The molecule has 0 aliphatic carbocycles. The molecule has 106 valence electrons. The van der Waals surface area contributed by atoms with Gasteiger partial charge < -0.3 is 5.32 Å². The summed E-state index contributed by atoms with van der Waals surface area (Å²) in [5.41, 5.74) is 7.51. The second-order valence-corrected chi connectivity index (χ2v) is 5.93. The average molecular weight is 288 g/mol. The minimum Gasteiger partial charge on any atom is -0.309 e. The molecule has 1 nitrogen and oxygen atoms in total. The van der Waals surface area contributed by atoms with Gasteiger partial charge in [-0.05, 0) is 74.2 Å². The van der Waals surface area contributed by atoms with Crippen LogP contribution in [0.25, 0.3) is 0 Å². The van der Waals surface area contributed by atoms with Crippen molar-refractivity contribution in [1.29, 1.82) is 0 Å². The van der Waals surface area contributed by atoms with E-state index >= 15 is 0 Å². The van der Waals surface area contributed by atoms with Crippen molar-refractivity contribution in [3.8, 4) is 0 Å². The van der Waals surface area contributed by atoms with Crippen LogP contribution in [0.4, 0.5) is 0 Å². The largest absolute Gasteiger partial charge is 0.309 e. The number of nitrogens with one attached hydrogen (secondary N) is 1. The van der Waals surface area contributed by atoms with E-state index in [9.17, 15) is 0 Å². The van der Waals surface area contributed by atoms with E-state index in [-0.39, 0.29) is 6.04 Å². The summed E-state index contributed by atoms with van der Waals surface area (Å²) in [6, 6.07) is 11.0. The summed E-state index contributed by atoms with van der Waals surface area (Å²) in [4.78, 5) is 0. The fourth-order valence-electron chi connectivity index (χ4n) is 2.47. The van der Waals surface area contributed by atoms with E-state index in [1.54, 1.807) is 0 Å². The first-order valence-corrected chi connectivity index (χ1v) is 7.33. The summed E-state index contributed by atoms with van der Waals surface area (Å²) in [6.45, 7) is 8.50. The third-order valence-electron chi connectivity index (χ3n) is 4.08. The molecule has 2 heteroatoms. The van der Waals surface area contributed by atoms with Crippen LogP contribution in [0.5, 0.6) is 0 Å². The Kier molecular flexibility index (Phi) is 4.52. The molecule has 0 saturated heterocycles. The van der Waals surface area contributed by atoms with Crippen LogP contribution in [0.3, 0.4) is 0 Å². The SMILES string of the molecule is CNC(c1ccc(C)c(C)c1)c1cc(C)c(C)cc1Cl. The third-order valence-corrected chi connectivity index (χ3v) is 4.40. The van der Waals surface area contributed by atoms with Crippen molar-refractivity contribution in [2.45, 2.75) is 33.7 Å². The lowest BCUT2D eigenvalue weighted by Crippen LogP contribution is -2.18. The number of hydrogen-bond donors (Lipinski definition) is 1. The van der Waals surface area contributed by atoms with Crippen LogP contribution in [-0.2, 0) is 0 Å². The van der Waals surface area contributed by atoms with Gasteiger partial charge in [0, 0.05) is 5.02 Å². The average Bonchev–Trinajstić information content (AvgIpc) is 2.40. The fraction of sp³-hybridized carbons (Fsp3) is 0.333. The molecule has 0 bridgehead atoms. The van der Waals surface area contributed by atoms with Gasteiger partial charge in [0.25, 0.3) is 0 Å². The maximum Gasteiger partial charge on any atom is 0.0589 e. The van der Waals surface area contributed by atoms with Gasteiger partial charge in [-0.3, -0.25) is 0 Å². The van der Waals surface area contributed by atoms with Gasteiger partial charge in [0.05, 0.1) is 6.04 Å². The van der Waals surface area contributed by atoms with E-state index in [2.05, 4.69) is 63.3 Å². The zero-order valence-electron chi connectivity index (χ0n) is 12.8. The van der Waals surface area contributed by atoms with Gasteiger partial charge in [0.15, 0.2) is 0 Å². The smallest absolute Gasteiger partial charge is 0.0589 e. The lowest BCUT2D eigenvalue weighted by Gasteiger charge is -2.21. The first-order valence-electron chi connectivity index (χ1n) is 6.95. The Morgan fingerprint density at radius 2 is 1.45 bits per heavy atom. The molecule has 1 N–H and O–H groups in total. The highest BCUT2D eigenvalue weighted by Crippen LogP contribution is 2.31. The van der Waals surface area contributed by atoms with Crippen molar-refractivity contribution < 1.29 is 0 Å². The molecule has 2 aromatic carbocycles. The number of rotatable bonds is 3. The van der Waals surface area contributed by atoms with E-state index in [1.807, 2.05) is 7.05 Å². The zero-order valence-corrected chi connectivity index (χ0v) is 13.6. The van der Waals surface area contributed by atoms with E-state index < -0.39 is 0 Å². The molecule has 0 aromatic heterocycles. The summed E-state index contributed by atoms with van der Waals surface area (Å²) in [5, 5.41) is 4.21. The molecular formula is C18H22ClN. The normalized spacial score (nSPS) is 12.5. The van der Waals surface area contributed by atoms with Crippen molar-refractivity contribution in [3.05, 3.63) is 68.7 Å². The van der Waals surface area contributed by atoms with Crippen LogP contribution in [0.2, 0.25) is 5.02 Å². The summed E-state index contributed by atoms with van der Waals surface area (Å²) in [5.74, 6) is 0. The number of hydrogen-bond acceptors (Lipinski definition) is 1. The molecule has 1 atom stereocenters. The van der Waals surface area contributed by atoms with E-state index in [0.29, 0.717) is 0 Å². The monoisotopic (exact) mass is 287 g/mol. The summed E-state index contributed by atoms with van der Waals surface area (Å²) >= 11 is 6.46. The van der Waals surface area contributed by atoms with Gasteiger partial charge in [0.2, 0.25) is 0 Å².